The molecule has 9 nitrogen and oxygen atoms in total. The predicted molar refractivity (Wildman–Crippen MR) is 114 cm³/mol. The smallest absolute Gasteiger partial charge is 0.244 e. The van der Waals surface area contributed by atoms with Crippen LogP contribution in [0.2, 0.25) is 0 Å². The van der Waals surface area contributed by atoms with E-state index in [0.29, 0.717) is 11.7 Å². The van der Waals surface area contributed by atoms with Crippen LogP contribution in [0.5, 0.6) is 5.88 Å². The van der Waals surface area contributed by atoms with Gasteiger partial charge in [0.15, 0.2) is 0 Å². The van der Waals surface area contributed by atoms with Crippen LogP contribution >= 0.6 is 0 Å². The van der Waals surface area contributed by atoms with Crippen molar-refractivity contribution in [1.82, 2.24) is 9.29 Å². The van der Waals surface area contributed by atoms with Crippen molar-refractivity contribution >= 4 is 21.8 Å². The van der Waals surface area contributed by atoms with Crippen LogP contribution in [0.25, 0.3) is 0 Å². The van der Waals surface area contributed by atoms with Crippen LogP contribution in [-0.4, -0.2) is 63.3 Å². The topological polar surface area (TPSA) is 110 Å². The number of rotatable bonds is 5. The molecule has 172 valence electrons. The molecular weight excluding hydrogens is 444 g/mol. The zero-order chi connectivity index (χ0) is 23.3. The minimum Gasteiger partial charge on any atom is -0.481 e. The Bertz CT molecular complexity index is 1190. The second-order valence-electron chi connectivity index (χ2n) is 7.71. The lowest BCUT2D eigenvalue weighted by Gasteiger charge is -2.38. The molecule has 0 radical (unpaired) electrons. The van der Waals surface area contributed by atoms with E-state index in [1.807, 2.05) is 0 Å². The number of guanidine groups is 1. The summed E-state index contributed by atoms with van der Waals surface area (Å²) in [7, 11) is 0.242. The summed E-state index contributed by atoms with van der Waals surface area (Å²) in [5.41, 5.74) is 4.84. The van der Waals surface area contributed by atoms with Gasteiger partial charge in [-0.05, 0) is 29.8 Å². The van der Waals surface area contributed by atoms with Crippen LogP contribution in [0.15, 0.2) is 35.3 Å². The van der Waals surface area contributed by atoms with E-state index in [0.717, 1.165) is 28.1 Å². The van der Waals surface area contributed by atoms with Gasteiger partial charge in [0.25, 0.3) is 0 Å². The second-order valence-corrected chi connectivity index (χ2v) is 9.86. The zero-order valence-corrected chi connectivity index (χ0v) is 18.6. The lowest BCUT2D eigenvalue weighted by Crippen LogP contribution is -2.57. The molecule has 1 saturated heterocycles. The van der Waals surface area contributed by atoms with Gasteiger partial charge in [0.1, 0.15) is 28.2 Å². The number of hydrogen-bond donors (Lipinski definition) is 1. The van der Waals surface area contributed by atoms with Gasteiger partial charge in [-0.25, -0.2) is 26.5 Å². The number of aromatic nitrogens is 1. The molecule has 2 N–H and O–H groups in total. The van der Waals surface area contributed by atoms with Gasteiger partial charge in [0.2, 0.25) is 21.9 Å². The number of nitrogens with zero attached hydrogens (tertiary/aromatic N) is 4. The Hall–Kier alpha value is -2.99. The molecule has 0 amide bonds. The fourth-order valence-corrected chi connectivity index (χ4v) is 6.03. The molecule has 2 atom stereocenters. The number of anilines is 1. The maximum atomic E-state index is 14.9. The number of hydrogen-bond acceptors (Lipinski definition) is 8. The number of methoxy groups -OCH3 is 2. The van der Waals surface area contributed by atoms with Crippen LogP contribution in [0.3, 0.4) is 0 Å². The average molecular weight is 467 g/mol. The van der Waals surface area contributed by atoms with Crippen molar-refractivity contribution in [2.45, 2.75) is 17.4 Å². The third-order valence-corrected chi connectivity index (χ3v) is 8.02. The van der Waals surface area contributed by atoms with Crippen molar-refractivity contribution in [3.05, 3.63) is 53.1 Å². The van der Waals surface area contributed by atoms with E-state index in [4.69, 9.17) is 15.2 Å². The first-order valence-corrected chi connectivity index (χ1v) is 11.2. The van der Waals surface area contributed by atoms with E-state index < -0.39 is 32.4 Å². The van der Waals surface area contributed by atoms with Crippen molar-refractivity contribution < 1.29 is 26.7 Å². The molecule has 0 saturated carbocycles. The van der Waals surface area contributed by atoms with Gasteiger partial charge in [-0.3, -0.25) is 0 Å². The number of ether oxygens (including phenoxy) is 2. The fraction of sp³-hybridized carbons (Fsp3) is 0.400. The molecule has 2 aromatic rings. The van der Waals surface area contributed by atoms with E-state index in [1.165, 1.54) is 14.2 Å². The Morgan fingerprint density at radius 1 is 1.25 bits per heavy atom. The molecule has 0 spiro atoms. The predicted octanol–water partition coefficient (Wildman–Crippen LogP) is 1.19. The summed E-state index contributed by atoms with van der Waals surface area (Å²) in [6, 6.07) is 6.31. The van der Waals surface area contributed by atoms with E-state index >= 15 is 0 Å². The van der Waals surface area contributed by atoms with Gasteiger partial charge in [-0.1, -0.05) is 0 Å². The molecule has 0 bridgehead atoms. The number of pyridine rings is 1. The molecule has 0 aliphatic carbocycles. The third kappa shape index (κ3) is 3.43. The van der Waals surface area contributed by atoms with Crippen molar-refractivity contribution in [3.63, 3.8) is 0 Å². The minimum atomic E-state index is -4.04. The van der Waals surface area contributed by atoms with Gasteiger partial charge in [0, 0.05) is 32.3 Å². The first-order valence-electron chi connectivity index (χ1n) is 9.70. The molecular formula is C20H23F2N5O4S. The van der Waals surface area contributed by atoms with Crippen molar-refractivity contribution in [1.29, 1.82) is 0 Å². The summed E-state index contributed by atoms with van der Waals surface area (Å²) < 4.78 is 67.0. The van der Waals surface area contributed by atoms with Crippen LogP contribution < -0.4 is 15.4 Å². The van der Waals surface area contributed by atoms with E-state index in [2.05, 4.69) is 9.98 Å². The molecule has 2 unspecified atom stereocenters. The Morgan fingerprint density at radius 2 is 2.00 bits per heavy atom. The Balaban J connectivity index is 1.90. The number of nitrogens with two attached hydrogens (primary N) is 1. The van der Waals surface area contributed by atoms with Crippen molar-refractivity contribution in [2.24, 2.45) is 10.7 Å². The highest BCUT2D eigenvalue weighted by atomic mass is 32.2. The van der Waals surface area contributed by atoms with Gasteiger partial charge < -0.3 is 20.1 Å². The van der Waals surface area contributed by atoms with Crippen LogP contribution in [0, 0.1) is 11.6 Å². The quantitative estimate of drug-likeness (QED) is 0.703. The maximum absolute atomic E-state index is 14.9. The summed E-state index contributed by atoms with van der Waals surface area (Å²) in [6.45, 7) is 0.128. The molecule has 1 aromatic heterocycles. The SMILES string of the molecule is COCc1cc(OC)nc(N2CC3C(c4cc(F)ccc4F)(C2)N=C(N)N(C)S3(=O)=O)c1. The van der Waals surface area contributed by atoms with Crippen molar-refractivity contribution in [3.8, 4) is 5.88 Å². The lowest BCUT2D eigenvalue weighted by atomic mass is 9.88. The minimum absolute atomic E-state index is 0.0635. The van der Waals surface area contributed by atoms with Crippen molar-refractivity contribution in [2.75, 3.05) is 39.3 Å². The molecule has 2 aliphatic heterocycles. The van der Waals surface area contributed by atoms with E-state index in [9.17, 15) is 17.2 Å². The van der Waals surface area contributed by atoms with Gasteiger partial charge in [-0.2, -0.15) is 4.98 Å². The molecule has 12 heteroatoms. The number of fused-ring (bicyclic) bond motifs is 1. The standard InChI is InChI=1S/C20H23F2N5O4S/c1-26-19(23)25-20(14-8-13(21)4-5-15(14)22)11-27(9-16(20)32(26,28)29)17-6-12(10-30-2)7-18(24-17)31-3/h4-8,16H,9-11H2,1-3H3,(H2,23,25). The highest BCUT2D eigenvalue weighted by molar-refractivity contribution is 7.90. The zero-order valence-electron chi connectivity index (χ0n) is 17.7. The summed E-state index contributed by atoms with van der Waals surface area (Å²) >= 11 is 0. The first-order chi connectivity index (χ1) is 15.1. The lowest BCUT2D eigenvalue weighted by molar-refractivity contribution is 0.184. The third-order valence-electron chi connectivity index (χ3n) is 5.82. The highest BCUT2D eigenvalue weighted by Crippen LogP contribution is 2.45. The molecule has 1 aromatic carbocycles. The number of halogens is 2. The van der Waals surface area contributed by atoms with E-state index in [1.54, 1.807) is 24.1 Å². The molecule has 1 fully saturated rings. The summed E-state index contributed by atoms with van der Waals surface area (Å²) in [4.78, 5) is 10.5. The fourth-order valence-electron chi connectivity index (χ4n) is 4.24. The van der Waals surface area contributed by atoms with Crippen LogP contribution in [-0.2, 0) is 26.9 Å². The normalized spacial score (nSPS) is 24.3. The van der Waals surface area contributed by atoms with Gasteiger partial charge in [0.05, 0.1) is 20.3 Å². The Morgan fingerprint density at radius 3 is 2.69 bits per heavy atom. The second kappa shape index (κ2) is 7.85. The summed E-state index contributed by atoms with van der Waals surface area (Å²) in [6.07, 6.45) is 0. The monoisotopic (exact) mass is 467 g/mol. The van der Waals surface area contributed by atoms with Gasteiger partial charge in [-0.15, -0.1) is 0 Å². The Kier molecular flexibility index (Phi) is 5.45. The maximum Gasteiger partial charge on any atom is 0.244 e. The number of benzene rings is 1. The molecule has 3 heterocycles. The average Bonchev–Trinajstić information content (AvgIpc) is 3.15. The molecule has 32 heavy (non-hydrogen) atoms. The summed E-state index contributed by atoms with van der Waals surface area (Å²) in [5, 5.41) is -1.22. The number of sulfonamides is 1. The first kappa shape index (κ1) is 22.2. The largest absolute Gasteiger partial charge is 0.481 e. The van der Waals surface area contributed by atoms with Crippen LogP contribution in [0.1, 0.15) is 11.1 Å². The molecule has 2 aliphatic rings. The van der Waals surface area contributed by atoms with Crippen LogP contribution in [0.4, 0.5) is 14.6 Å². The summed E-state index contributed by atoms with van der Waals surface area (Å²) in [5.74, 6) is -1.08. The van der Waals surface area contributed by atoms with Gasteiger partial charge >= 0.3 is 0 Å². The number of aliphatic imine (C=N–C) groups is 1. The molecule has 4 rings (SSSR count). The highest BCUT2D eigenvalue weighted by Gasteiger charge is 2.59. The van der Waals surface area contributed by atoms with E-state index in [-0.39, 0.29) is 31.2 Å². The Labute approximate surface area is 184 Å².